The molecule has 0 aliphatic heterocycles. The number of rotatable bonds is 7. The van der Waals surface area contributed by atoms with Crippen molar-refractivity contribution in [2.45, 2.75) is 46.5 Å². The normalized spacial score (nSPS) is 33.2. The van der Waals surface area contributed by atoms with Gasteiger partial charge in [0.1, 0.15) is 0 Å². The lowest BCUT2D eigenvalue weighted by Crippen LogP contribution is -2.40. The number of carbonyl (C=O) groups excluding carboxylic acids is 2. The summed E-state index contributed by atoms with van der Waals surface area (Å²) in [4.78, 5) is 24.9. The lowest BCUT2D eigenvalue weighted by Gasteiger charge is -2.33. The molecule has 0 saturated heterocycles. The highest BCUT2D eigenvalue weighted by Crippen LogP contribution is 2.58. The summed E-state index contributed by atoms with van der Waals surface area (Å²) in [7, 11) is 0. The quantitative estimate of drug-likeness (QED) is 0.535. The summed E-state index contributed by atoms with van der Waals surface area (Å²) < 4.78 is 10.7. The molecule has 0 aromatic heterocycles. The lowest BCUT2D eigenvalue weighted by atomic mass is 9.72. The molecular weight excluding hydrogens is 268 g/mol. The van der Waals surface area contributed by atoms with Crippen LogP contribution in [-0.4, -0.2) is 25.2 Å². The summed E-state index contributed by atoms with van der Waals surface area (Å²) in [5, 5.41) is 0. The van der Waals surface area contributed by atoms with Crippen LogP contribution in [0.3, 0.4) is 0 Å². The molecule has 2 bridgehead atoms. The van der Waals surface area contributed by atoms with Crippen LogP contribution < -0.4 is 0 Å². The van der Waals surface area contributed by atoms with Crippen molar-refractivity contribution in [1.82, 2.24) is 0 Å². The third kappa shape index (κ3) is 2.85. The average molecular weight is 294 g/mol. The summed E-state index contributed by atoms with van der Waals surface area (Å²) in [5.41, 5.74) is -0.217. The molecule has 0 amide bonds. The zero-order chi connectivity index (χ0) is 15.5. The summed E-state index contributed by atoms with van der Waals surface area (Å²) in [6.07, 6.45) is 7.51. The first kappa shape index (κ1) is 16.1. The van der Waals surface area contributed by atoms with Crippen LogP contribution in [0.4, 0.5) is 0 Å². The minimum atomic E-state index is -0.381. The van der Waals surface area contributed by atoms with E-state index in [4.69, 9.17) is 9.47 Å². The molecule has 21 heavy (non-hydrogen) atoms. The maximum Gasteiger partial charge on any atom is 0.310 e. The molecule has 4 unspecified atom stereocenters. The molecule has 0 aromatic rings. The maximum atomic E-state index is 12.5. The molecule has 118 valence electrons. The zero-order valence-corrected chi connectivity index (χ0v) is 13.3. The molecule has 0 heterocycles. The van der Waals surface area contributed by atoms with Crippen LogP contribution in [0.5, 0.6) is 0 Å². The van der Waals surface area contributed by atoms with Crippen LogP contribution in [0.25, 0.3) is 0 Å². The Hall–Kier alpha value is -1.32. The number of allylic oxidation sites excluding steroid dienone is 2. The van der Waals surface area contributed by atoms with Gasteiger partial charge in [0.05, 0.1) is 25.0 Å². The molecule has 4 nitrogen and oxygen atoms in total. The Morgan fingerprint density at radius 2 is 1.71 bits per heavy atom. The number of fused-ring (bicyclic) bond motifs is 2. The molecule has 2 aliphatic carbocycles. The van der Waals surface area contributed by atoms with Crippen LogP contribution in [0, 0.1) is 23.2 Å². The second-order valence-electron chi connectivity index (χ2n) is 6.15. The molecule has 0 spiro atoms. The van der Waals surface area contributed by atoms with Gasteiger partial charge in [0, 0.05) is 5.41 Å². The Kier molecular flexibility index (Phi) is 5.07. The van der Waals surface area contributed by atoms with Gasteiger partial charge in [0.25, 0.3) is 0 Å². The van der Waals surface area contributed by atoms with Crippen molar-refractivity contribution in [3.63, 3.8) is 0 Å². The van der Waals surface area contributed by atoms with Crippen LogP contribution in [-0.2, 0) is 19.1 Å². The predicted molar refractivity (Wildman–Crippen MR) is 79.5 cm³/mol. The standard InChI is InChI=1S/C17H26O4/c1-4-9-20-15(18)13-12-7-8-17(6-3,11-12)14(13)16(19)21-10-5-2/h7-8,12-14H,4-6,9-11H2,1-3H3. The molecule has 0 radical (unpaired) electrons. The van der Waals surface area contributed by atoms with Gasteiger partial charge in [-0.15, -0.1) is 0 Å². The monoisotopic (exact) mass is 294 g/mol. The van der Waals surface area contributed by atoms with Crippen LogP contribution in [0.1, 0.15) is 46.5 Å². The zero-order valence-electron chi connectivity index (χ0n) is 13.3. The first-order chi connectivity index (χ1) is 10.1. The number of esters is 2. The maximum absolute atomic E-state index is 12.5. The van der Waals surface area contributed by atoms with Gasteiger partial charge >= 0.3 is 11.9 Å². The van der Waals surface area contributed by atoms with E-state index in [1.165, 1.54) is 0 Å². The largest absolute Gasteiger partial charge is 0.465 e. The highest BCUT2D eigenvalue weighted by atomic mass is 16.5. The molecule has 1 saturated carbocycles. The van der Waals surface area contributed by atoms with E-state index in [0.717, 1.165) is 25.7 Å². The Balaban J connectivity index is 2.20. The van der Waals surface area contributed by atoms with Crippen molar-refractivity contribution in [2.75, 3.05) is 13.2 Å². The third-order valence-corrected chi connectivity index (χ3v) is 4.81. The number of carbonyl (C=O) groups is 2. The molecule has 2 aliphatic rings. The Labute approximate surface area is 126 Å². The van der Waals surface area contributed by atoms with Gasteiger partial charge < -0.3 is 9.47 Å². The smallest absolute Gasteiger partial charge is 0.310 e. The van der Waals surface area contributed by atoms with Crippen LogP contribution in [0.2, 0.25) is 0 Å². The molecule has 1 fully saturated rings. The summed E-state index contributed by atoms with van der Waals surface area (Å²) in [5.74, 6) is -1.10. The fraction of sp³-hybridized carbons (Fsp3) is 0.765. The summed E-state index contributed by atoms with van der Waals surface area (Å²) >= 11 is 0. The third-order valence-electron chi connectivity index (χ3n) is 4.81. The van der Waals surface area contributed by atoms with E-state index in [2.05, 4.69) is 19.1 Å². The van der Waals surface area contributed by atoms with E-state index in [9.17, 15) is 9.59 Å². The van der Waals surface area contributed by atoms with Gasteiger partial charge in [-0.05, 0) is 31.6 Å². The average Bonchev–Trinajstić information content (AvgIpc) is 3.06. The minimum Gasteiger partial charge on any atom is -0.465 e. The number of hydrogen-bond acceptors (Lipinski definition) is 4. The molecule has 4 atom stereocenters. The molecular formula is C17H26O4. The number of ether oxygens (including phenoxy) is 2. The Bertz CT molecular complexity index is 429. The first-order valence-corrected chi connectivity index (χ1v) is 8.12. The van der Waals surface area contributed by atoms with Gasteiger partial charge in [-0.1, -0.05) is 32.9 Å². The topological polar surface area (TPSA) is 52.6 Å². The molecule has 0 N–H and O–H groups in total. The van der Waals surface area contributed by atoms with E-state index >= 15 is 0 Å². The molecule has 4 heteroatoms. The van der Waals surface area contributed by atoms with Gasteiger partial charge in [0.2, 0.25) is 0 Å². The van der Waals surface area contributed by atoms with E-state index in [1.54, 1.807) is 0 Å². The SMILES string of the molecule is CCCOC(=O)C1C2C=CC(CC)(C2)C1C(=O)OCCC. The van der Waals surface area contributed by atoms with Crippen molar-refractivity contribution >= 4 is 11.9 Å². The second-order valence-corrected chi connectivity index (χ2v) is 6.15. The minimum absolute atomic E-state index is 0.119. The van der Waals surface area contributed by atoms with Gasteiger partial charge in [0.15, 0.2) is 0 Å². The van der Waals surface area contributed by atoms with Crippen molar-refractivity contribution in [1.29, 1.82) is 0 Å². The fourth-order valence-electron chi connectivity index (χ4n) is 3.74. The first-order valence-electron chi connectivity index (χ1n) is 8.12. The van der Waals surface area contributed by atoms with Crippen molar-refractivity contribution < 1.29 is 19.1 Å². The van der Waals surface area contributed by atoms with E-state index in [1.807, 2.05) is 13.8 Å². The molecule has 2 rings (SSSR count). The van der Waals surface area contributed by atoms with Gasteiger partial charge in [-0.2, -0.15) is 0 Å². The van der Waals surface area contributed by atoms with Crippen molar-refractivity contribution in [3.8, 4) is 0 Å². The Morgan fingerprint density at radius 1 is 1.10 bits per heavy atom. The van der Waals surface area contributed by atoms with Crippen molar-refractivity contribution in [3.05, 3.63) is 12.2 Å². The highest BCUT2D eigenvalue weighted by Gasteiger charge is 2.60. The predicted octanol–water partition coefficient (Wildman–Crippen LogP) is 3.11. The van der Waals surface area contributed by atoms with Gasteiger partial charge in [-0.3, -0.25) is 9.59 Å². The fourth-order valence-corrected chi connectivity index (χ4v) is 3.74. The van der Waals surface area contributed by atoms with Crippen molar-refractivity contribution in [2.24, 2.45) is 23.2 Å². The van der Waals surface area contributed by atoms with Gasteiger partial charge in [-0.25, -0.2) is 0 Å². The summed E-state index contributed by atoms with van der Waals surface area (Å²) in [6.45, 7) is 6.85. The van der Waals surface area contributed by atoms with Crippen LogP contribution >= 0.6 is 0 Å². The van der Waals surface area contributed by atoms with E-state index < -0.39 is 0 Å². The van der Waals surface area contributed by atoms with Crippen LogP contribution in [0.15, 0.2) is 12.2 Å². The number of hydrogen-bond donors (Lipinski definition) is 0. The molecule has 0 aromatic carbocycles. The summed E-state index contributed by atoms with van der Waals surface area (Å²) in [6, 6.07) is 0. The lowest BCUT2D eigenvalue weighted by molar-refractivity contribution is -0.163. The Morgan fingerprint density at radius 3 is 2.29 bits per heavy atom. The van der Waals surface area contributed by atoms with E-state index in [-0.39, 0.29) is 35.1 Å². The second kappa shape index (κ2) is 6.63. The van der Waals surface area contributed by atoms with E-state index in [0.29, 0.717) is 13.2 Å². The highest BCUT2D eigenvalue weighted by molar-refractivity contribution is 5.85.